The molecule has 0 aliphatic carbocycles. The molecule has 1 aromatic heterocycles. The van der Waals surface area contributed by atoms with Crippen molar-refractivity contribution in [2.24, 2.45) is 0 Å². The summed E-state index contributed by atoms with van der Waals surface area (Å²) in [4.78, 5) is 16.6. The van der Waals surface area contributed by atoms with Gasteiger partial charge in [0.25, 0.3) is 0 Å². The van der Waals surface area contributed by atoms with Gasteiger partial charge in [-0.3, -0.25) is 9.89 Å². The molecular formula is C18H17IN4O3S. The van der Waals surface area contributed by atoms with Crippen LogP contribution in [0.15, 0.2) is 47.6 Å². The van der Waals surface area contributed by atoms with E-state index in [9.17, 15) is 4.79 Å². The van der Waals surface area contributed by atoms with Crippen LogP contribution >= 0.6 is 34.4 Å². The Morgan fingerprint density at radius 2 is 1.89 bits per heavy atom. The monoisotopic (exact) mass is 496 g/mol. The Bertz CT molecular complexity index is 926. The smallest absolute Gasteiger partial charge is 0.234 e. The minimum absolute atomic E-state index is 0.112. The third kappa shape index (κ3) is 5.13. The highest BCUT2D eigenvalue weighted by Crippen LogP contribution is 2.28. The number of amides is 1. The summed E-state index contributed by atoms with van der Waals surface area (Å²) >= 11 is 3.44. The zero-order chi connectivity index (χ0) is 19.2. The minimum atomic E-state index is -0.112. The Labute approximate surface area is 174 Å². The normalized spacial score (nSPS) is 10.5. The second kappa shape index (κ2) is 9.09. The van der Waals surface area contributed by atoms with Crippen LogP contribution in [0.25, 0.3) is 11.4 Å². The van der Waals surface area contributed by atoms with E-state index in [2.05, 4.69) is 43.1 Å². The summed E-state index contributed by atoms with van der Waals surface area (Å²) in [5.41, 5.74) is 1.58. The van der Waals surface area contributed by atoms with Crippen LogP contribution in [-0.4, -0.2) is 41.1 Å². The van der Waals surface area contributed by atoms with Gasteiger partial charge in [0, 0.05) is 15.2 Å². The lowest BCUT2D eigenvalue weighted by Crippen LogP contribution is -2.14. The van der Waals surface area contributed by atoms with Gasteiger partial charge in [-0.25, -0.2) is 4.98 Å². The number of carbonyl (C=O) groups excluding carboxylic acids is 1. The Hall–Kier alpha value is -2.27. The van der Waals surface area contributed by atoms with Crippen molar-refractivity contribution in [3.8, 4) is 22.9 Å². The van der Waals surface area contributed by atoms with E-state index in [0.717, 1.165) is 14.8 Å². The summed E-state index contributed by atoms with van der Waals surface area (Å²) < 4.78 is 11.5. The second-order valence-electron chi connectivity index (χ2n) is 5.38. The highest BCUT2D eigenvalue weighted by Gasteiger charge is 2.12. The van der Waals surface area contributed by atoms with Crippen LogP contribution in [0.3, 0.4) is 0 Å². The molecule has 0 bridgehead atoms. The maximum absolute atomic E-state index is 12.1. The quantitative estimate of drug-likeness (QED) is 0.382. The summed E-state index contributed by atoms with van der Waals surface area (Å²) in [6.45, 7) is 0. The predicted molar refractivity (Wildman–Crippen MR) is 113 cm³/mol. The van der Waals surface area contributed by atoms with Gasteiger partial charge in [-0.2, -0.15) is 0 Å². The highest BCUT2D eigenvalue weighted by atomic mass is 127. The summed E-state index contributed by atoms with van der Waals surface area (Å²) in [6.07, 6.45) is 0. The minimum Gasteiger partial charge on any atom is -0.497 e. The van der Waals surface area contributed by atoms with E-state index in [0.29, 0.717) is 22.5 Å². The molecule has 1 amide bonds. The fourth-order valence-electron chi connectivity index (χ4n) is 2.26. The molecule has 0 aliphatic heterocycles. The molecule has 0 spiro atoms. The van der Waals surface area contributed by atoms with Gasteiger partial charge in [0.2, 0.25) is 11.1 Å². The van der Waals surface area contributed by atoms with E-state index in [4.69, 9.17) is 9.47 Å². The van der Waals surface area contributed by atoms with E-state index >= 15 is 0 Å². The number of methoxy groups -OCH3 is 2. The number of hydrogen-bond acceptors (Lipinski definition) is 6. The lowest BCUT2D eigenvalue weighted by Gasteiger charge is -2.06. The van der Waals surface area contributed by atoms with Crippen molar-refractivity contribution in [1.29, 1.82) is 0 Å². The van der Waals surface area contributed by atoms with Crippen LogP contribution in [0.1, 0.15) is 0 Å². The van der Waals surface area contributed by atoms with Crippen molar-refractivity contribution >= 4 is 45.9 Å². The molecule has 0 fully saturated rings. The van der Waals surface area contributed by atoms with Crippen molar-refractivity contribution in [3.63, 3.8) is 0 Å². The number of hydrogen-bond donors (Lipinski definition) is 2. The number of aromatic nitrogens is 3. The van der Waals surface area contributed by atoms with Gasteiger partial charge < -0.3 is 14.8 Å². The average molecular weight is 496 g/mol. The number of aromatic amines is 1. The van der Waals surface area contributed by atoms with E-state index in [1.54, 1.807) is 20.3 Å². The van der Waals surface area contributed by atoms with Gasteiger partial charge in [-0.15, -0.1) is 5.10 Å². The fraction of sp³-hybridized carbons (Fsp3) is 0.167. The molecule has 3 rings (SSSR count). The molecule has 140 valence electrons. The first-order chi connectivity index (χ1) is 13.1. The first-order valence-corrected chi connectivity index (χ1v) is 9.98. The molecule has 2 aromatic carbocycles. The standard InChI is InChI=1S/C18H17IN4O3S/c1-25-12-7-11(8-13(9-12)26-2)17-21-18(23-22-17)27-10-16(24)20-15-6-4-3-5-14(15)19/h3-9H,10H2,1-2H3,(H,20,24)(H,21,22,23). The van der Waals surface area contributed by atoms with Gasteiger partial charge in [-0.05, 0) is 46.9 Å². The molecule has 0 atom stereocenters. The van der Waals surface area contributed by atoms with Gasteiger partial charge in [0.05, 0.1) is 25.7 Å². The van der Waals surface area contributed by atoms with E-state index in [1.807, 2.05) is 36.4 Å². The molecule has 9 heteroatoms. The third-order valence-electron chi connectivity index (χ3n) is 3.57. The maximum Gasteiger partial charge on any atom is 0.234 e. The molecule has 0 saturated carbocycles. The molecular weight excluding hydrogens is 479 g/mol. The van der Waals surface area contributed by atoms with Gasteiger partial charge in [-0.1, -0.05) is 23.9 Å². The van der Waals surface area contributed by atoms with Crippen molar-refractivity contribution in [2.45, 2.75) is 5.16 Å². The third-order valence-corrected chi connectivity index (χ3v) is 5.36. The molecule has 0 saturated heterocycles. The number of benzene rings is 2. The van der Waals surface area contributed by atoms with Crippen LogP contribution in [0, 0.1) is 3.57 Å². The summed E-state index contributed by atoms with van der Waals surface area (Å²) in [7, 11) is 3.18. The van der Waals surface area contributed by atoms with E-state index in [1.165, 1.54) is 11.8 Å². The number of H-pyrrole nitrogens is 1. The molecule has 0 radical (unpaired) electrons. The fourth-order valence-corrected chi connectivity index (χ4v) is 3.38. The van der Waals surface area contributed by atoms with Crippen molar-refractivity contribution in [1.82, 2.24) is 15.2 Å². The number of nitrogens with zero attached hydrogens (tertiary/aromatic N) is 2. The van der Waals surface area contributed by atoms with Crippen LogP contribution in [-0.2, 0) is 4.79 Å². The molecule has 3 aromatic rings. The van der Waals surface area contributed by atoms with Gasteiger partial charge in [0.15, 0.2) is 5.82 Å². The zero-order valence-electron chi connectivity index (χ0n) is 14.7. The van der Waals surface area contributed by atoms with E-state index < -0.39 is 0 Å². The van der Waals surface area contributed by atoms with Crippen molar-refractivity contribution in [3.05, 3.63) is 46.0 Å². The Kier molecular flexibility index (Phi) is 6.56. The number of rotatable bonds is 7. The van der Waals surface area contributed by atoms with Crippen LogP contribution in [0.4, 0.5) is 5.69 Å². The highest BCUT2D eigenvalue weighted by molar-refractivity contribution is 14.1. The van der Waals surface area contributed by atoms with Crippen LogP contribution in [0.5, 0.6) is 11.5 Å². The molecule has 0 unspecified atom stereocenters. The van der Waals surface area contributed by atoms with E-state index in [-0.39, 0.29) is 11.7 Å². The Morgan fingerprint density at radius 3 is 2.56 bits per heavy atom. The summed E-state index contributed by atoms with van der Waals surface area (Å²) in [5, 5.41) is 10.4. The number of para-hydroxylation sites is 1. The zero-order valence-corrected chi connectivity index (χ0v) is 17.6. The first-order valence-electron chi connectivity index (χ1n) is 7.92. The van der Waals surface area contributed by atoms with Gasteiger partial charge >= 0.3 is 0 Å². The Balaban J connectivity index is 1.64. The van der Waals surface area contributed by atoms with Crippen molar-refractivity contribution < 1.29 is 14.3 Å². The molecule has 7 nitrogen and oxygen atoms in total. The van der Waals surface area contributed by atoms with Gasteiger partial charge in [0.1, 0.15) is 11.5 Å². The van der Waals surface area contributed by atoms with Crippen LogP contribution in [0.2, 0.25) is 0 Å². The molecule has 27 heavy (non-hydrogen) atoms. The number of thioether (sulfide) groups is 1. The second-order valence-corrected chi connectivity index (χ2v) is 7.49. The van der Waals surface area contributed by atoms with Crippen LogP contribution < -0.4 is 14.8 Å². The largest absolute Gasteiger partial charge is 0.497 e. The SMILES string of the molecule is COc1cc(OC)cc(-c2nc(SCC(=O)Nc3ccccc3I)n[nH]2)c1. The Morgan fingerprint density at radius 1 is 1.19 bits per heavy atom. The molecule has 0 aliphatic rings. The summed E-state index contributed by atoms with van der Waals surface area (Å²) in [5.74, 6) is 1.99. The number of nitrogens with one attached hydrogen (secondary N) is 2. The first kappa shape index (κ1) is 19.5. The number of anilines is 1. The number of ether oxygens (including phenoxy) is 2. The lowest BCUT2D eigenvalue weighted by atomic mass is 10.2. The average Bonchev–Trinajstić information content (AvgIpc) is 3.17. The molecule has 1 heterocycles. The lowest BCUT2D eigenvalue weighted by molar-refractivity contribution is -0.113. The maximum atomic E-state index is 12.1. The predicted octanol–water partition coefficient (Wildman–Crippen LogP) is 3.82. The number of halogens is 1. The van der Waals surface area contributed by atoms with Crippen molar-refractivity contribution in [2.75, 3.05) is 25.3 Å². The topological polar surface area (TPSA) is 89.1 Å². The summed E-state index contributed by atoms with van der Waals surface area (Å²) in [6, 6.07) is 13.1. The molecule has 2 N–H and O–H groups in total. The number of carbonyl (C=O) groups is 1.